The van der Waals surface area contributed by atoms with Crippen molar-refractivity contribution >= 4 is 5.91 Å². The van der Waals surface area contributed by atoms with E-state index in [2.05, 4.69) is 41.2 Å². The summed E-state index contributed by atoms with van der Waals surface area (Å²) < 4.78 is 0. The van der Waals surface area contributed by atoms with Gasteiger partial charge in [0.2, 0.25) is 5.91 Å². The molecule has 4 heteroatoms. The van der Waals surface area contributed by atoms with Crippen LogP contribution in [0.1, 0.15) is 31.4 Å². The normalized spacial score (nSPS) is 25.5. The third-order valence-corrected chi connectivity index (χ3v) is 4.50. The van der Waals surface area contributed by atoms with Crippen LogP contribution in [0.4, 0.5) is 0 Å². The minimum atomic E-state index is -0.157. The Kier molecular flexibility index (Phi) is 4.27. The lowest BCUT2D eigenvalue weighted by Crippen LogP contribution is -2.54. The molecule has 1 aromatic rings. The first-order valence-corrected chi connectivity index (χ1v) is 7.95. The summed E-state index contributed by atoms with van der Waals surface area (Å²) in [5, 5.41) is 3.19. The number of piperazine rings is 1. The number of hydrogen-bond donors (Lipinski definition) is 1. The SMILES string of the molecule is C[C@@H]1CN(C)CCN1[C@@H](C(=O)NC1CC1)c1ccccc1. The lowest BCUT2D eigenvalue weighted by Gasteiger charge is -2.42. The zero-order valence-corrected chi connectivity index (χ0v) is 13.0. The van der Waals surface area contributed by atoms with Crippen molar-refractivity contribution in [3.8, 4) is 0 Å². The van der Waals surface area contributed by atoms with E-state index in [1.54, 1.807) is 0 Å². The maximum atomic E-state index is 12.8. The Balaban J connectivity index is 1.82. The molecule has 1 heterocycles. The second kappa shape index (κ2) is 6.16. The molecule has 2 atom stereocenters. The maximum absolute atomic E-state index is 12.8. The van der Waals surface area contributed by atoms with Crippen LogP contribution < -0.4 is 5.32 Å². The Bertz CT molecular complexity index is 486. The van der Waals surface area contributed by atoms with Crippen LogP contribution >= 0.6 is 0 Å². The van der Waals surface area contributed by atoms with Crippen molar-refractivity contribution in [1.82, 2.24) is 15.1 Å². The molecule has 2 fully saturated rings. The van der Waals surface area contributed by atoms with E-state index in [9.17, 15) is 4.79 Å². The molecule has 114 valence electrons. The number of carbonyl (C=O) groups is 1. The summed E-state index contributed by atoms with van der Waals surface area (Å²) in [5.74, 6) is 0.167. The van der Waals surface area contributed by atoms with Gasteiger partial charge in [0.15, 0.2) is 0 Å². The highest BCUT2D eigenvalue weighted by Gasteiger charge is 2.35. The Morgan fingerprint density at radius 2 is 1.95 bits per heavy atom. The summed E-state index contributed by atoms with van der Waals surface area (Å²) in [6.07, 6.45) is 2.26. The smallest absolute Gasteiger partial charge is 0.242 e. The third kappa shape index (κ3) is 3.44. The Morgan fingerprint density at radius 3 is 2.57 bits per heavy atom. The molecule has 1 N–H and O–H groups in total. The molecule has 1 amide bonds. The molecule has 1 saturated heterocycles. The van der Waals surface area contributed by atoms with Gasteiger partial charge in [0.1, 0.15) is 6.04 Å². The van der Waals surface area contributed by atoms with Gasteiger partial charge in [-0.15, -0.1) is 0 Å². The van der Waals surface area contributed by atoms with Crippen molar-refractivity contribution in [3.05, 3.63) is 35.9 Å². The predicted molar refractivity (Wildman–Crippen MR) is 84.0 cm³/mol. The lowest BCUT2D eigenvalue weighted by molar-refractivity contribution is -0.128. The summed E-state index contributed by atoms with van der Waals surface area (Å²) >= 11 is 0. The minimum Gasteiger partial charge on any atom is -0.352 e. The van der Waals surface area contributed by atoms with Crippen LogP contribution in [0.25, 0.3) is 0 Å². The van der Waals surface area contributed by atoms with Crippen LogP contribution in [0, 0.1) is 0 Å². The van der Waals surface area contributed by atoms with Crippen molar-refractivity contribution in [2.24, 2.45) is 0 Å². The number of amides is 1. The molecule has 0 aromatic heterocycles. The van der Waals surface area contributed by atoms with Gasteiger partial charge in [0.05, 0.1) is 0 Å². The Hall–Kier alpha value is -1.39. The van der Waals surface area contributed by atoms with Crippen LogP contribution in [-0.4, -0.2) is 54.5 Å². The number of likely N-dealkylation sites (N-methyl/N-ethyl adjacent to an activating group) is 1. The fraction of sp³-hybridized carbons (Fsp3) is 0.588. The van der Waals surface area contributed by atoms with Gasteiger partial charge >= 0.3 is 0 Å². The summed E-state index contributed by atoms with van der Waals surface area (Å²) in [6.45, 7) is 5.19. The molecule has 21 heavy (non-hydrogen) atoms. The van der Waals surface area contributed by atoms with E-state index in [1.807, 2.05) is 18.2 Å². The summed E-state index contributed by atoms with van der Waals surface area (Å²) in [4.78, 5) is 17.4. The van der Waals surface area contributed by atoms with E-state index in [1.165, 1.54) is 0 Å². The van der Waals surface area contributed by atoms with Crippen LogP contribution in [-0.2, 0) is 4.79 Å². The highest BCUT2D eigenvalue weighted by molar-refractivity contribution is 5.83. The summed E-state index contributed by atoms with van der Waals surface area (Å²) in [6, 6.07) is 10.8. The fourth-order valence-electron chi connectivity index (χ4n) is 3.17. The van der Waals surface area contributed by atoms with E-state index in [0.29, 0.717) is 12.1 Å². The van der Waals surface area contributed by atoms with E-state index in [-0.39, 0.29) is 11.9 Å². The van der Waals surface area contributed by atoms with Gasteiger partial charge in [-0.05, 0) is 32.4 Å². The van der Waals surface area contributed by atoms with E-state index < -0.39 is 0 Å². The minimum absolute atomic E-state index is 0.157. The van der Waals surface area contributed by atoms with Gasteiger partial charge < -0.3 is 10.2 Å². The first-order valence-electron chi connectivity index (χ1n) is 7.95. The molecule has 0 bridgehead atoms. The average molecular weight is 287 g/mol. The Labute approximate surface area is 127 Å². The molecule has 2 aliphatic rings. The number of benzene rings is 1. The molecule has 3 rings (SSSR count). The number of nitrogens with one attached hydrogen (secondary N) is 1. The molecule has 4 nitrogen and oxygen atoms in total. The molecular weight excluding hydrogens is 262 g/mol. The Morgan fingerprint density at radius 1 is 1.24 bits per heavy atom. The topological polar surface area (TPSA) is 35.6 Å². The number of nitrogens with zero attached hydrogens (tertiary/aromatic N) is 2. The highest BCUT2D eigenvalue weighted by Crippen LogP contribution is 2.27. The summed E-state index contributed by atoms with van der Waals surface area (Å²) in [7, 11) is 2.15. The first kappa shape index (κ1) is 14.5. The number of rotatable bonds is 4. The van der Waals surface area contributed by atoms with Crippen LogP contribution in [0.3, 0.4) is 0 Å². The lowest BCUT2D eigenvalue weighted by atomic mass is 10.0. The highest BCUT2D eigenvalue weighted by atomic mass is 16.2. The van der Waals surface area contributed by atoms with Gasteiger partial charge in [-0.2, -0.15) is 0 Å². The molecule has 1 aliphatic carbocycles. The number of hydrogen-bond acceptors (Lipinski definition) is 3. The molecule has 1 saturated carbocycles. The van der Waals surface area contributed by atoms with Crippen LogP contribution in [0.2, 0.25) is 0 Å². The second-order valence-corrected chi connectivity index (χ2v) is 6.45. The van der Waals surface area contributed by atoms with Crippen molar-refractivity contribution in [1.29, 1.82) is 0 Å². The zero-order chi connectivity index (χ0) is 14.8. The van der Waals surface area contributed by atoms with Crippen molar-refractivity contribution < 1.29 is 4.79 Å². The monoisotopic (exact) mass is 287 g/mol. The van der Waals surface area contributed by atoms with Crippen molar-refractivity contribution in [2.75, 3.05) is 26.7 Å². The van der Waals surface area contributed by atoms with Crippen LogP contribution in [0.15, 0.2) is 30.3 Å². The first-order chi connectivity index (χ1) is 10.1. The summed E-state index contributed by atoms with van der Waals surface area (Å²) in [5.41, 5.74) is 1.10. The molecule has 0 radical (unpaired) electrons. The molecule has 0 unspecified atom stereocenters. The average Bonchev–Trinajstić information content (AvgIpc) is 3.27. The van der Waals surface area contributed by atoms with Gasteiger partial charge in [-0.3, -0.25) is 9.69 Å². The van der Waals surface area contributed by atoms with Gasteiger partial charge in [0.25, 0.3) is 0 Å². The van der Waals surface area contributed by atoms with E-state index >= 15 is 0 Å². The number of carbonyl (C=O) groups excluding carboxylic acids is 1. The van der Waals surface area contributed by atoms with Crippen molar-refractivity contribution in [2.45, 2.75) is 37.9 Å². The van der Waals surface area contributed by atoms with Gasteiger partial charge in [-0.1, -0.05) is 30.3 Å². The molecular formula is C17H25N3O. The third-order valence-electron chi connectivity index (χ3n) is 4.50. The van der Waals surface area contributed by atoms with Gasteiger partial charge in [0, 0.05) is 31.7 Å². The quantitative estimate of drug-likeness (QED) is 0.914. The van der Waals surface area contributed by atoms with Crippen molar-refractivity contribution in [3.63, 3.8) is 0 Å². The molecule has 0 spiro atoms. The van der Waals surface area contributed by atoms with E-state index in [0.717, 1.165) is 38.0 Å². The van der Waals surface area contributed by atoms with Gasteiger partial charge in [-0.25, -0.2) is 0 Å². The predicted octanol–water partition coefficient (Wildman–Crippen LogP) is 1.64. The fourth-order valence-corrected chi connectivity index (χ4v) is 3.17. The van der Waals surface area contributed by atoms with Crippen LogP contribution in [0.5, 0.6) is 0 Å². The molecule has 1 aliphatic heterocycles. The molecule has 1 aromatic carbocycles. The standard InChI is InChI=1S/C17H25N3O/c1-13-12-19(2)10-11-20(13)16(14-6-4-3-5-7-14)17(21)18-15-8-9-15/h3-7,13,15-16H,8-12H2,1-2H3,(H,18,21)/t13-,16-/m1/s1. The largest absolute Gasteiger partial charge is 0.352 e. The zero-order valence-electron chi connectivity index (χ0n) is 13.0. The van der Waals surface area contributed by atoms with E-state index in [4.69, 9.17) is 0 Å². The second-order valence-electron chi connectivity index (χ2n) is 6.45. The maximum Gasteiger partial charge on any atom is 0.242 e.